The number of piperidine rings is 1. The number of methoxy groups -OCH3 is 1. The van der Waals surface area contributed by atoms with Gasteiger partial charge in [0.05, 0.1) is 19.6 Å². The van der Waals surface area contributed by atoms with Crippen LogP contribution in [0.2, 0.25) is 0 Å². The second-order valence-corrected chi connectivity index (χ2v) is 7.88. The van der Waals surface area contributed by atoms with Gasteiger partial charge in [0, 0.05) is 42.5 Å². The molecule has 5 nitrogen and oxygen atoms in total. The summed E-state index contributed by atoms with van der Waals surface area (Å²) in [5.41, 5.74) is 4.01. The highest BCUT2D eigenvalue weighted by molar-refractivity contribution is 6.06. The van der Waals surface area contributed by atoms with Crippen molar-refractivity contribution in [2.45, 2.75) is 32.4 Å². The molecule has 0 unspecified atom stereocenters. The number of hydrogen-bond acceptors (Lipinski definition) is 4. The Labute approximate surface area is 177 Å². The SMILES string of the molecule is COc1ccc(C(=O)N(c2ccc(C)cc2)C2CCN(Cc3ccoc3)CC2)cc1. The van der Waals surface area contributed by atoms with Crippen LogP contribution in [0, 0.1) is 6.92 Å². The van der Waals surface area contributed by atoms with Crippen molar-refractivity contribution >= 4 is 11.6 Å². The molecule has 0 aliphatic carbocycles. The lowest BCUT2D eigenvalue weighted by molar-refractivity contribution is 0.0958. The van der Waals surface area contributed by atoms with E-state index in [4.69, 9.17) is 9.15 Å². The summed E-state index contributed by atoms with van der Waals surface area (Å²) in [6.07, 6.45) is 5.40. The van der Waals surface area contributed by atoms with Gasteiger partial charge in [0.1, 0.15) is 5.75 Å². The number of carbonyl (C=O) groups excluding carboxylic acids is 1. The first kappa shape index (κ1) is 20.2. The Morgan fingerprint density at radius 3 is 2.37 bits per heavy atom. The van der Waals surface area contributed by atoms with Crippen LogP contribution in [0.4, 0.5) is 5.69 Å². The molecule has 0 bridgehead atoms. The van der Waals surface area contributed by atoms with Gasteiger partial charge in [0.2, 0.25) is 0 Å². The van der Waals surface area contributed by atoms with E-state index < -0.39 is 0 Å². The highest BCUT2D eigenvalue weighted by Gasteiger charge is 2.30. The molecule has 5 heteroatoms. The summed E-state index contributed by atoms with van der Waals surface area (Å²) in [5.74, 6) is 0.788. The van der Waals surface area contributed by atoms with Crippen molar-refractivity contribution in [3.05, 3.63) is 83.8 Å². The molecule has 156 valence electrons. The van der Waals surface area contributed by atoms with Crippen molar-refractivity contribution in [2.24, 2.45) is 0 Å². The van der Waals surface area contributed by atoms with Gasteiger partial charge in [-0.2, -0.15) is 0 Å². The van der Waals surface area contributed by atoms with Crippen molar-refractivity contribution in [1.82, 2.24) is 4.90 Å². The first-order valence-electron chi connectivity index (χ1n) is 10.4. The van der Waals surface area contributed by atoms with Crippen molar-refractivity contribution in [3.8, 4) is 5.75 Å². The molecule has 1 saturated heterocycles. The number of furan rings is 1. The van der Waals surface area contributed by atoms with E-state index in [0.717, 1.165) is 43.9 Å². The Hall–Kier alpha value is -3.05. The summed E-state index contributed by atoms with van der Waals surface area (Å²) in [6.45, 7) is 4.86. The quantitative estimate of drug-likeness (QED) is 0.586. The van der Waals surface area contributed by atoms with Crippen LogP contribution in [-0.2, 0) is 6.54 Å². The van der Waals surface area contributed by atoms with E-state index in [1.54, 1.807) is 19.6 Å². The van der Waals surface area contributed by atoms with E-state index in [9.17, 15) is 4.79 Å². The fraction of sp³-hybridized carbons (Fsp3) is 0.320. The van der Waals surface area contributed by atoms with Gasteiger partial charge in [-0.05, 0) is 62.2 Å². The van der Waals surface area contributed by atoms with Crippen molar-refractivity contribution in [1.29, 1.82) is 0 Å². The van der Waals surface area contributed by atoms with E-state index in [1.165, 1.54) is 11.1 Å². The number of hydrogen-bond donors (Lipinski definition) is 0. The zero-order chi connectivity index (χ0) is 20.9. The van der Waals surface area contributed by atoms with Crippen LogP contribution in [0.1, 0.15) is 34.3 Å². The third-order valence-electron chi connectivity index (χ3n) is 5.78. The van der Waals surface area contributed by atoms with Gasteiger partial charge in [0.15, 0.2) is 0 Å². The number of aryl methyl sites for hydroxylation is 1. The van der Waals surface area contributed by atoms with Crippen LogP contribution < -0.4 is 9.64 Å². The van der Waals surface area contributed by atoms with Crippen LogP contribution in [0.15, 0.2) is 71.5 Å². The summed E-state index contributed by atoms with van der Waals surface area (Å²) >= 11 is 0. The molecule has 4 rings (SSSR count). The largest absolute Gasteiger partial charge is 0.497 e. The summed E-state index contributed by atoms with van der Waals surface area (Å²) in [5, 5.41) is 0. The molecule has 2 heterocycles. The normalized spacial score (nSPS) is 15.1. The number of benzene rings is 2. The molecule has 1 aliphatic rings. The first-order valence-corrected chi connectivity index (χ1v) is 10.4. The molecule has 1 aromatic heterocycles. The molecule has 0 N–H and O–H groups in total. The molecule has 0 saturated carbocycles. The van der Waals surface area contributed by atoms with Crippen LogP contribution >= 0.6 is 0 Å². The highest BCUT2D eigenvalue weighted by atomic mass is 16.5. The van der Waals surface area contributed by atoms with Gasteiger partial charge < -0.3 is 14.1 Å². The predicted molar refractivity (Wildman–Crippen MR) is 118 cm³/mol. The van der Waals surface area contributed by atoms with Crippen LogP contribution in [-0.4, -0.2) is 37.0 Å². The minimum Gasteiger partial charge on any atom is -0.497 e. The predicted octanol–water partition coefficient (Wildman–Crippen LogP) is 4.91. The fourth-order valence-corrected chi connectivity index (χ4v) is 4.05. The summed E-state index contributed by atoms with van der Waals surface area (Å²) in [6, 6.07) is 17.8. The average Bonchev–Trinajstić information content (AvgIpc) is 3.29. The Morgan fingerprint density at radius 2 is 1.77 bits per heavy atom. The van der Waals surface area contributed by atoms with E-state index in [0.29, 0.717) is 5.56 Å². The van der Waals surface area contributed by atoms with Gasteiger partial charge in [0.25, 0.3) is 5.91 Å². The number of carbonyl (C=O) groups is 1. The van der Waals surface area contributed by atoms with Crippen molar-refractivity contribution < 1.29 is 13.9 Å². The minimum atomic E-state index is 0.0368. The Kier molecular flexibility index (Phi) is 6.19. The molecular weight excluding hydrogens is 376 g/mol. The monoisotopic (exact) mass is 404 g/mol. The number of rotatable bonds is 6. The molecule has 0 atom stereocenters. The third kappa shape index (κ3) is 4.57. The van der Waals surface area contributed by atoms with Crippen molar-refractivity contribution in [3.63, 3.8) is 0 Å². The zero-order valence-corrected chi connectivity index (χ0v) is 17.6. The smallest absolute Gasteiger partial charge is 0.258 e. The molecule has 3 aromatic rings. The first-order chi connectivity index (χ1) is 14.6. The Bertz CT molecular complexity index is 941. The number of ether oxygens (including phenoxy) is 1. The lowest BCUT2D eigenvalue weighted by Crippen LogP contribution is -2.47. The highest BCUT2D eigenvalue weighted by Crippen LogP contribution is 2.27. The number of nitrogens with zero attached hydrogens (tertiary/aromatic N) is 2. The molecule has 1 fully saturated rings. The van der Waals surface area contributed by atoms with Gasteiger partial charge in [-0.1, -0.05) is 17.7 Å². The molecular formula is C25H28N2O3. The van der Waals surface area contributed by atoms with Crippen LogP contribution in [0.25, 0.3) is 0 Å². The summed E-state index contributed by atoms with van der Waals surface area (Å²) in [4.78, 5) is 17.9. The molecule has 0 radical (unpaired) electrons. The van der Waals surface area contributed by atoms with Gasteiger partial charge in [-0.15, -0.1) is 0 Å². The molecule has 1 amide bonds. The maximum atomic E-state index is 13.5. The number of amides is 1. The molecule has 30 heavy (non-hydrogen) atoms. The lowest BCUT2D eigenvalue weighted by atomic mass is 10.00. The molecule has 0 spiro atoms. The molecule has 1 aliphatic heterocycles. The fourth-order valence-electron chi connectivity index (χ4n) is 4.05. The maximum absolute atomic E-state index is 13.5. The Balaban J connectivity index is 1.53. The lowest BCUT2D eigenvalue weighted by Gasteiger charge is -2.38. The Morgan fingerprint density at radius 1 is 1.07 bits per heavy atom. The standard InChI is InChI=1S/C25H28N2O3/c1-19-3-7-22(8-4-19)27(25(28)21-5-9-24(29-2)10-6-21)23-11-14-26(15-12-23)17-20-13-16-30-18-20/h3-10,13,16,18,23H,11-12,14-15,17H2,1-2H3. The molecule has 2 aromatic carbocycles. The van der Waals surface area contributed by atoms with Gasteiger partial charge >= 0.3 is 0 Å². The van der Waals surface area contributed by atoms with E-state index >= 15 is 0 Å². The second kappa shape index (κ2) is 9.18. The number of anilines is 1. The van der Waals surface area contributed by atoms with E-state index in [2.05, 4.69) is 36.1 Å². The van der Waals surface area contributed by atoms with Crippen LogP contribution in [0.5, 0.6) is 5.75 Å². The van der Waals surface area contributed by atoms with Gasteiger partial charge in [-0.25, -0.2) is 0 Å². The van der Waals surface area contributed by atoms with Crippen molar-refractivity contribution in [2.75, 3.05) is 25.1 Å². The van der Waals surface area contributed by atoms with E-state index in [1.807, 2.05) is 35.2 Å². The second-order valence-electron chi connectivity index (χ2n) is 7.88. The minimum absolute atomic E-state index is 0.0368. The maximum Gasteiger partial charge on any atom is 0.258 e. The zero-order valence-electron chi connectivity index (χ0n) is 17.6. The van der Waals surface area contributed by atoms with E-state index in [-0.39, 0.29) is 11.9 Å². The average molecular weight is 405 g/mol. The topological polar surface area (TPSA) is 45.9 Å². The van der Waals surface area contributed by atoms with Crippen LogP contribution in [0.3, 0.4) is 0 Å². The number of likely N-dealkylation sites (tertiary alicyclic amines) is 1. The summed E-state index contributed by atoms with van der Waals surface area (Å²) < 4.78 is 10.4. The van der Waals surface area contributed by atoms with Gasteiger partial charge in [-0.3, -0.25) is 9.69 Å². The third-order valence-corrected chi connectivity index (χ3v) is 5.78. The summed E-state index contributed by atoms with van der Waals surface area (Å²) in [7, 11) is 1.63.